The van der Waals surface area contributed by atoms with Crippen molar-refractivity contribution in [2.45, 2.75) is 63.8 Å². The highest BCUT2D eigenvalue weighted by Crippen LogP contribution is 2.38. The number of carbonyl (C=O) groups is 1. The number of piperidine rings is 1. The first kappa shape index (κ1) is 12.5. The fourth-order valence-electron chi connectivity index (χ4n) is 2.90. The van der Waals surface area contributed by atoms with Gasteiger partial charge in [0.25, 0.3) is 0 Å². The molecule has 4 unspecified atom stereocenters. The third-order valence-corrected chi connectivity index (χ3v) is 3.58. The number of rotatable bonds is 2. The molecule has 0 aromatic heterocycles. The van der Waals surface area contributed by atoms with Gasteiger partial charge in [0, 0.05) is 24.9 Å². The predicted octanol–water partition coefficient (Wildman–Crippen LogP) is 0.916. The number of carbonyl (C=O) groups excluding carboxylic acids is 1. The van der Waals surface area contributed by atoms with Gasteiger partial charge in [-0.2, -0.15) is 0 Å². The van der Waals surface area contributed by atoms with Crippen LogP contribution in [-0.2, 0) is 19.0 Å². The molecule has 0 aromatic rings. The van der Waals surface area contributed by atoms with Gasteiger partial charge in [0.05, 0.1) is 18.8 Å². The number of morpholine rings is 1. The van der Waals surface area contributed by atoms with Crippen molar-refractivity contribution in [3.05, 3.63) is 0 Å². The Hall–Kier alpha value is -0.490. The molecule has 3 fully saturated rings. The molecular weight excluding hydrogens is 234 g/mol. The topological polar surface area (TPSA) is 51.3 Å². The average Bonchev–Trinajstić information content (AvgIpc) is 2.92. The third kappa shape index (κ3) is 2.45. The Morgan fingerprint density at radius 2 is 1.83 bits per heavy atom. The summed E-state index contributed by atoms with van der Waals surface area (Å²) in [5.74, 6) is 0.346. The number of hydrogen-bond acceptors (Lipinski definition) is 5. The van der Waals surface area contributed by atoms with Crippen LogP contribution in [0, 0.1) is 0 Å². The minimum absolute atomic E-state index is 0.0104. The lowest BCUT2D eigenvalue weighted by atomic mass is 9.93. The van der Waals surface area contributed by atoms with E-state index in [2.05, 4.69) is 4.90 Å². The van der Waals surface area contributed by atoms with Gasteiger partial charge < -0.3 is 14.2 Å². The summed E-state index contributed by atoms with van der Waals surface area (Å²) in [6, 6.07) is 0.340. The molecule has 5 nitrogen and oxygen atoms in total. The van der Waals surface area contributed by atoms with E-state index >= 15 is 0 Å². The number of fused-ring (bicyclic) bond motifs is 2. The molecule has 5 heteroatoms. The van der Waals surface area contributed by atoms with E-state index in [9.17, 15) is 4.79 Å². The van der Waals surface area contributed by atoms with Crippen LogP contribution in [0.3, 0.4) is 0 Å². The Balaban J connectivity index is 1.65. The normalized spacial score (nSPS) is 40.9. The number of epoxide rings is 1. The van der Waals surface area contributed by atoms with Crippen molar-refractivity contribution in [1.29, 1.82) is 0 Å². The molecule has 0 aromatic carbocycles. The second kappa shape index (κ2) is 4.27. The summed E-state index contributed by atoms with van der Waals surface area (Å²) in [7, 11) is 0. The molecule has 102 valence electrons. The maximum Gasteiger partial charge on any atom is 0.200 e. The standard InChI is InChI=1S/C13H21NO4/c1-13(2,3)18-12-11(17-12)14-8-4-10(15)5-9(14)7-16-6-8/h8-9,11-12H,4-7H2,1-3H3. The van der Waals surface area contributed by atoms with Crippen molar-refractivity contribution < 1.29 is 19.0 Å². The van der Waals surface area contributed by atoms with E-state index in [0.29, 0.717) is 31.8 Å². The van der Waals surface area contributed by atoms with Crippen molar-refractivity contribution in [3.63, 3.8) is 0 Å². The van der Waals surface area contributed by atoms with E-state index in [1.165, 1.54) is 0 Å². The summed E-state index contributed by atoms with van der Waals surface area (Å²) in [6.07, 6.45) is 1.02. The zero-order chi connectivity index (χ0) is 12.9. The van der Waals surface area contributed by atoms with Crippen LogP contribution in [0.1, 0.15) is 33.6 Å². The number of ketones is 1. The average molecular weight is 255 g/mol. The van der Waals surface area contributed by atoms with E-state index in [0.717, 1.165) is 0 Å². The summed E-state index contributed by atoms with van der Waals surface area (Å²) in [4.78, 5) is 13.9. The van der Waals surface area contributed by atoms with Gasteiger partial charge in [-0.05, 0) is 20.8 Å². The van der Waals surface area contributed by atoms with Crippen LogP contribution in [0.25, 0.3) is 0 Å². The lowest BCUT2D eigenvalue weighted by Crippen LogP contribution is -2.58. The van der Waals surface area contributed by atoms with Crippen LogP contribution in [-0.4, -0.2) is 54.1 Å². The van der Waals surface area contributed by atoms with Gasteiger partial charge in [-0.15, -0.1) is 0 Å². The highest BCUT2D eigenvalue weighted by Gasteiger charge is 2.54. The molecule has 0 aliphatic carbocycles. The zero-order valence-corrected chi connectivity index (χ0v) is 11.2. The van der Waals surface area contributed by atoms with Gasteiger partial charge >= 0.3 is 0 Å². The lowest BCUT2D eigenvalue weighted by Gasteiger charge is -2.44. The van der Waals surface area contributed by atoms with Gasteiger partial charge in [0.2, 0.25) is 0 Å². The van der Waals surface area contributed by atoms with Gasteiger partial charge in [-0.25, -0.2) is 0 Å². The zero-order valence-electron chi connectivity index (χ0n) is 11.2. The molecule has 2 bridgehead atoms. The minimum Gasteiger partial charge on any atom is -0.378 e. The molecule has 3 rings (SSSR count). The Morgan fingerprint density at radius 1 is 1.22 bits per heavy atom. The van der Waals surface area contributed by atoms with E-state index in [1.54, 1.807) is 0 Å². The van der Waals surface area contributed by atoms with Gasteiger partial charge in [-0.1, -0.05) is 0 Å². The first-order valence-corrected chi connectivity index (χ1v) is 6.64. The first-order valence-electron chi connectivity index (χ1n) is 6.64. The maximum atomic E-state index is 11.6. The van der Waals surface area contributed by atoms with Crippen molar-refractivity contribution >= 4 is 5.78 Å². The molecule has 0 amide bonds. The molecule has 0 N–H and O–H groups in total. The third-order valence-electron chi connectivity index (χ3n) is 3.58. The van der Waals surface area contributed by atoms with E-state index in [1.807, 2.05) is 20.8 Å². The fraction of sp³-hybridized carbons (Fsp3) is 0.923. The lowest BCUT2D eigenvalue weighted by molar-refractivity contribution is -0.140. The molecule has 4 atom stereocenters. The Bertz CT molecular complexity index is 335. The molecular formula is C13H21NO4. The smallest absolute Gasteiger partial charge is 0.200 e. The van der Waals surface area contributed by atoms with Crippen LogP contribution in [0.5, 0.6) is 0 Å². The molecule has 0 saturated carbocycles. The molecule has 18 heavy (non-hydrogen) atoms. The van der Waals surface area contributed by atoms with Crippen molar-refractivity contribution in [2.24, 2.45) is 0 Å². The number of ether oxygens (including phenoxy) is 3. The van der Waals surface area contributed by atoms with Crippen LogP contribution >= 0.6 is 0 Å². The van der Waals surface area contributed by atoms with E-state index in [4.69, 9.17) is 14.2 Å². The van der Waals surface area contributed by atoms with E-state index in [-0.39, 0.29) is 30.2 Å². The van der Waals surface area contributed by atoms with Crippen LogP contribution < -0.4 is 0 Å². The molecule has 3 heterocycles. The van der Waals surface area contributed by atoms with Crippen LogP contribution in [0.15, 0.2) is 0 Å². The van der Waals surface area contributed by atoms with Crippen molar-refractivity contribution in [3.8, 4) is 0 Å². The summed E-state index contributed by atoms with van der Waals surface area (Å²) >= 11 is 0. The summed E-state index contributed by atoms with van der Waals surface area (Å²) in [6.45, 7) is 7.33. The maximum absolute atomic E-state index is 11.6. The molecule has 0 spiro atoms. The highest BCUT2D eigenvalue weighted by molar-refractivity contribution is 5.80. The Labute approximate surface area is 107 Å². The summed E-state index contributed by atoms with van der Waals surface area (Å²) < 4.78 is 17.0. The van der Waals surface area contributed by atoms with Gasteiger partial charge in [0.1, 0.15) is 5.78 Å². The number of nitrogens with zero attached hydrogens (tertiary/aromatic N) is 1. The second-order valence-electron chi connectivity index (χ2n) is 6.36. The van der Waals surface area contributed by atoms with E-state index < -0.39 is 0 Å². The first-order chi connectivity index (χ1) is 8.44. The predicted molar refractivity (Wildman–Crippen MR) is 64.0 cm³/mol. The fourth-order valence-corrected chi connectivity index (χ4v) is 2.90. The highest BCUT2D eigenvalue weighted by atomic mass is 16.8. The SMILES string of the molecule is CC(C)(C)OC1OC1N1C2COCC1CC(=O)C2. The largest absolute Gasteiger partial charge is 0.378 e. The van der Waals surface area contributed by atoms with Crippen molar-refractivity contribution in [1.82, 2.24) is 4.90 Å². The number of hydrogen-bond donors (Lipinski definition) is 0. The minimum atomic E-state index is -0.198. The summed E-state index contributed by atoms with van der Waals surface area (Å²) in [5.41, 5.74) is -0.198. The van der Waals surface area contributed by atoms with Crippen LogP contribution in [0.4, 0.5) is 0 Å². The monoisotopic (exact) mass is 255 g/mol. The van der Waals surface area contributed by atoms with Gasteiger partial charge in [0.15, 0.2) is 12.5 Å². The molecule has 0 radical (unpaired) electrons. The summed E-state index contributed by atoms with van der Waals surface area (Å²) in [5, 5.41) is 0. The van der Waals surface area contributed by atoms with Gasteiger partial charge in [-0.3, -0.25) is 9.69 Å². The van der Waals surface area contributed by atoms with Crippen molar-refractivity contribution in [2.75, 3.05) is 13.2 Å². The van der Waals surface area contributed by atoms with Crippen LogP contribution in [0.2, 0.25) is 0 Å². The molecule has 3 saturated heterocycles. The Kier molecular flexibility index (Phi) is 2.97. The second-order valence-corrected chi connectivity index (χ2v) is 6.36. The quantitative estimate of drug-likeness (QED) is 0.687. The Morgan fingerprint density at radius 3 is 2.39 bits per heavy atom. The molecule has 3 aliphatic rings. The number of Topliss-reactive ketones (excluding diaryl/α,β-unsaturated/α-hetero) is 1. The molecule has 3 aliphatic heterocycles.